The molecule has 0 spiro atoms. The van der Waals surface area contributed by atoms with E-state index in [1.165, 1.54) is 0 Å². The zero-order chi connectivity index (χ0) is 14.8. The molecule has 0 aliphatic rings. The van der Waals surface area contributed by atoms with Crippen molar-refractivity contribution in [2.75, 3.05) is 0 Å². The number of para-hydroxylation sites is 1. The highest BCUT2D eigenvalue weighted by Gasteiger charge is 2.09. The molecule has 0 radical (unpaired) electrons. The van der Waals surface area contributed by atoms with Crippen molar-refractivity contribution in [3.63, 3.8) is 0 Å². The van der Waals surface area contributed by atoms with E-state index in [2.05, 4.69) is 6.07 Å². The van der Waals surface area contributed by atoms with Crippen LogP contribution in [0.1, 0.15) is 5.56 Å². The summed E-state index contributed by atoms with van der Waals surface area (Å²) in [5.74, 6) is 0. The summed E-state index contributed by atoms with van der Waals surface area (Å²) in [6.45, 7) is 0.446. The molecule has 1 aromatic heterocycles. The van der Waals surface area contributed by atoms with E-state index in [0.717, 1.165) is 26.4 Å². The number of benzene rings is 2. The first-order valence-electron chi connectivity index (χ1n) is 6.39. The third-order valence-corrected chi connectivity index (χ3v) is 4.86. The zero-order valence-corrected chi connectivity index (χ0v) is 13.3. The van der Waals surface area contributed by atoms with Crippen LogP contribution in [0.4, 0.5) is 0 Å². The number of fused-ring (bicyclic) bond motifs is 1. The van der Waals surface area contributed by atoms with Crippen molar-refractivity contribution in [3.8, 4) is 0 Å². The first-order chi connectivity index (χ1) is 10.2. The molecule has 3 rings (SSSR count). The monoisotopic (exact) mass is 334 g/mol. The molecule has 0 unspecified atom stereocenters. The standard InChI is InChI=1S/C16H12Cl2N2S/c17-13-6-5-12(8-14(13)18)21-16-11(9-19)7-10-3-1-2-4-15(10)20-16/h1-8H,9,19H2. The van der Waals surface area contributed by atoms with Crippen LogP contribution >= 0.6 is 35.0 Å². The number of nitrogens with zero attached hydrogens (tertiary/aromatic N) is 1. The van der Waals surface area contributed by atoms with Gasteiger partial charge in [0, 0.05) is 16.8 Å². The largest absolute Gasteiger partial charge is 0.326 e. The maximum Gasteiger partial charge on any atom is 0.106 e. The number of halogens is 2. The Morgan fingerprint density at radius 1 is 1.00 bits per heavy atom. The van der Waals surface area contributed by atoms with Gasteiger partial charge in [0.2, 0.25) is 0 Å². The van der Waals surface area contributed by atoms with E-state index in [-0.39, 0.29) is 0 Å². The lowest BCUT2D eigenvalue weighted by Crippen LogP contribution is -2.00. The molecule has 2 nitrogen and oxygen atoms in total. The highest BCUT2D eigenvalue weighted by Crippen LogP contribution is 2.34. The average Bonchev–Trinajstić information content (AvgIpc) is 2.50. The second kappa shape index (κ2) is 6.24. The summed E-state index contributed by atoms with van der Waals surface area (Å²) < 4.78 is 0. The van der Waals surface area contributed by atoms with Gasteiger partial charge in [-0.3, -0.25) is 0 Å². The maximum atomic E-state index is 6.06. The van der Waals surface area contributed by atoms with Gasteiger partial charge in [0.25, 0.3) is 0 Å². The van der Waals surface area contributed by atoms with E-state index in [0.29, 0.717) is 16.6 Å². The highest BCUT2D eigenvalue weighted by molar-refractivity contribution is 7.99. The third-order valence-electron chi connectivity index (χ3n) is 3.09. The molecule has 106 valence electrons. The smallest absolute Gasteiger partial charge is 0.106 e. The topological polar surface area (TPSA) is 38.9 Å². The Bertz CT molecular complexity index is 805. The minimum Gasteiger partial charge on any atom is -0.326 e. The van der Waals surface area contributed by atoms with Crippen LogP contribution in [0.3, 0.4) is 0 Å². The highest BCUT2D eigenvalue weighted by atomic mass is 35.5. The molecular weight excluding hydrogens is 323 g/mol. The molecule has 0 amide bonds. The lowest BCUT2D eigenvalue weighted by Gasteiger charge is -2.09. The minimum absolute atomic E-state index is 0.446. The van der Waals surface area contributed by atoms with Gasteiger partial charge in [0.1, 0.15) is 5.03 Å². The van der Waals surface area contributed by atoms with E-state index >= 15 is 0 Å². The molecule has 2 aromatic carbocycles. The molecule has 1 heterocycles. The van der Waals surface area contributed by atoms with Gasteiger partial charge >= 0.3 is 0 Å². The van der Waals surface area contributed by atoms with Crippen LogP contribution < -0.4 is 5.73 Å². The maximum absolute atomic E-state index is 6.06. The van der Waals surface area contributed by atoms with Gasteiger partial charge in [-0.2, -0.15) is 0 Å². The Morgan fingerprint density at radius 2 is 1.81 bits per heavy atom. The van der Waals surface area contributed by atoms with Gasteiger partial charge in [-0.05, 0) is 35.9 Å². The van der Waals surface area contributed by atoms with Gasteiger partial charge in [0.05, 0.1) is 15.6 Å². The number of nitrogens with two attached hydrogens (primary N) is 1. The first kappa shape index (κ1) is 14.7. The fraction of sp³-hybridized carbons (Fsp3) is 0.0625. The van der Waals surface area contributed by atoms with Crippen molar-refractivity contribution < 1.29 is 0 Å². The van der Waals surface area contributed by atoms with Crippen molar-refractivity contribution in [1.29, 1.82) is 0 Å². The van der Waals surface area contributed by atoms with Gasteiger partial charge in [-0.15, -0.1) is 0 Å². The number of rotatable bonds is 3. The molecule has 21 heavy (non-hydrogen) atoms. The molecule has 5 heteroatoms. The molecule has 3 aromatic rings. The van der Waals surface area contributed by atoms with E-state index in [4.69, 9.17) is 33.9 Å². The number of aromatic nitrogens is 1. The second-order valence-corrected chi connectivity index (χ2v) is 6.40. The average molecular weight is 335 g/mol. The fourth-order valence-electron chi connectivity index (χ4n) is 2.03. The molecule has 0 saturated heterocycles. The Morgan fingerprint density at radius 3 is 2.57 bits per heavy atom. The second-order valence-electron chi connectivity index (χ2n) is 4.53. The Labute approximate surface area is 137 Å². The lowest BCUT2D eigenvalue weighted by molar-refractivity contribution is 0.982. The van der Waals surface area contributed by atoms with Crippen molar-refractivity contribution >= 4 is 45.9 Å². The van der Waals surface area contributed by atoms with Crippen molar-refractivity contribution in [1.82, 2.24) is 4.98 Å². The van der Waals surface area contributed by atoms with Crippen molar-refractivity contribution in [2.45, 2.75) is 16.5 Å². The van der Waals surface area contributed by atoms with Crippen LogP contribution in [0, 0.1) is 0 Å². The molecule has 0 bridgehead atoms. The Kier molecular flexibility index (Phi) is 4.36. The van der Waals surface area contributed by atoms with E-state index in [9.17, 15) is 0 Å². The lowest BCUT2D eigenvalue weighted by atomic mass is 10.1. The number of hydrogen-bond acceptors (Lipinski definition) is 3. The minimum atomic E-state index is 0.446. The van der Waals surface area contributed by atoms with Crippen LogP contribution in [-0.4, -0.2) is 4.98 Å². The molecule has 0 aliphatic carbocycles. The SMILES string of the molecule is NCc1cc2ccccc2nc1Sc1ccc(Cl)c(Cl)c1. The number of hydrogen-bond donors (Lipinski definition) is 1. The van der Waals surface area contributed by atoms with E-state index in [1.54, 1.807) is 17.8 Å². The van der Waals surface area contributed by atoms with Crippen molar-refractivity contribution in [2.24, 2.45) is 5.73 Å². The molecular formula is C16H12Cl2N2S. The molecule has 0 saturated carbocycles. The summed E-state index contributed by atoms with van der Waals surface area (Å²) in [7, 11) is 0. The van der Waals surface area contributed by atoms with Crippen LogP contribution in [-0.2, 0) is 6.54 Å². The van der Waals surface area contributed by atoms with Gasteiger partial charge < -0.3 is 5.73 Å². The fourth-order valence-corrected chi connectivity index (χ4v) is 3.34. The summed E-state index contributed by atoms with van der Waals surface area (Å²) in [4.78, 5) is 5.69. The first-order valence-corrected chi connectivity index (χ1v) is 7.96. The molecule has 0 fully saturated rings. The molecule has 2 N–H and O–H groups in total. The van der Waals surface area contributed by atoms with Crippen molar-refractivity contribution in [3.05, 3.63) is 64.1 Å². The summed E-state index contributed by atoms with van der Waals surface area (Å²) in [6.07, 6.45) is 0. The van der Waals surface area contributed by atoms with Crippen LogP contribution in [0.15, 0.2) is 58.5 Å². The Hall–Kier alpha value is -1.26. The van der Waals surface area contributed by atoms with Gasteiger partial charge in [-0.25, -0.2) is 4.98 Å². The van der Waals surface area contributed by atoms with Crippen LogP contribution in [0.5, 0.6) is 0 Å². The predicted octanol–water partition coefficient (Wildman–Crippen LogP) is 5.15. The summed E-state index contributed by atoms with van der Waals surface area (Å²) in [5.41, 5.74) is 7.82. The zero-order valence-electron chi connectivity index (χ0n) is 11.0. The summed E-state index contributed by atoms with van der Waals surface area (Å²) in [5, 5.41) is 3.08. The predicted molar refractivity (Wildman–Crippen MR) is 90.2 cm³/mol. The van der Waals surface area contributed by atoms with Crippen LogP contribution in [0.25, 0.3) is 10.9 Å². The quantitative estimate of drug-likeness (QED) is 0.719. The van der Waals surface area contributed by atoms with Crippen LogP contribution in [0.2, 0.25) is 10.0 Å². The summed E-state index contributed by atoms with van der Waals surface area (Å²) in [6, 6.07) is 15.6. The van der Waals surface area contributed by atoms with Gasteiger partial charge in [0.15, 0.2) is 0 Å². The number of pyridine rings is 1. The normalized spacial score (nSPS) is 11.0. The van der Waals surface area contributed by atoms with Gasteiger partial charge in [-0.1, -0.05) is 53.2 Å². The Balaban J connectivity index is 2.04. The van der Waals surface area contributed by atoms with E-state index in [1.807, 2.05) is 36.4 Å². The van der Waals surface area contributed by atoms with E-state index < -0.39 is 0 Å². The molecule has 0 aliphatic heterocycles. The molecule has 0 atom stereocenters. The summed E-state index contributed by atoms with van der Waals surface area (Å²) >= 11 is 13.5. The third kappa shape index (κ3) is 3.16.